The Hall–Kier alpha value is -1.69. The lowest BCUT2D eigenvalue weighted by atomic mass is 9.90. The summed E-state index contributed by atoms with van der Waals surface area (Å²) in [6.45, 7) is 1.67. The minimum absolute atomic E-state index is 0.0156. The Morgan fingerprint density at radius 3 is 2.56 bits per heavy atom. The van der Waals surface area contributed by atoms with Gasteiger partial charge in [-0.1, -0.05) is 0 Å². The van der Waals surface area contributed by atoms with Crippen molar-refractivity contribution in [1.29, 1.82) is 0 Å². The van der Waals surface area contributed by atoms with E-state index in [9.17, 15) is 18.1 Å². The van der Waals surface area contributed by atoms with E-state index < -0.39 is 21.4 Å². The molecule has 13 N–H and O–H groups in total. The number of amidine groups is 1. The first-order valence-electron chi connectivity index (χ1n) is 10.1. The third-order valence-corrected chi connectivity index (χ3v) is 7.66. The second-order valence-electron chi connectivity index (χ2n) is 7.43. The number of nitrogens with two attached hydrogens (primary N) is 5. The van der Waals surface area contributed by atoms with Gasteiger partial charge >= 0.3 is 0 Å². The van der Waals surface area contributed by atoms with Gasteiger partial charge in [0, 0.05) is 31.4 Å². The summed E-state index contributed by atoms with van der Waals surface area (Å²) in [7, 11) is -4.36. The molecule has 0 spiro atoms. The molecule has 0 bridgehead atoms. The molecule has 1 aliphatic rings. The predicted molar refractivity (Wildman–Crippen MR) is 124 cm³/mol. The number of sulfonamides is 1. The van der Waals surface area contributed by atoms with Crippen LogP contribution >= 0.6 is 0 Å². The maximum atomic E-state index is 12.8. The average molecular weight is 492 g/mol. The number of primary sulfonamides is 1. The summed E-state index contributed by atoms with van der Waals surface area (Å²) in [6.07, 6.45) is 1.92. The van der Waals surface area contributed by atoms with Crippen molar-refractivity contribution in [2.45, 2.75) is 35.1 Å². The van der Waals surface area contributed by atoms with Crippen molar-refractivity contribution in [3.8, 4) is 0 Å². The van der Waals surface area contributed by atoms with E-state index in [2.05, 4.69) is 15.4 Å². The lowest BCUT2D eigenvalue weighted by molar-refractivity contribution is 0.208. The van der Waals surface area contributed by atoms with E-state index in [0.717, 1.165) is 0 Å². The van der Waals surface area contributed by atoms with Crippen LogP contribution in [-0.2, 0) is 21.4 Å². The Morgan fingerprint density at radius 1 is 1.38 bits per heavy atom. The first-order chi connectivity index (χ1) is 15.1. The molecular formula is C17H33N9O4S2. The van der Waals surface area contributed by atoms with Gasteiger partial charge in [0.1, 0.15) is 0 Å². The number of nitrogens with one attached hydrogen (secondary N) is 2. The van der Waals surface area contributed by atoms with Crippen LogP contribution < -0.4 is 43.3 Å². The van der Waals surface area contributed by atoms with Crippen molar-refractivity contribution >= 4 is 32.9 Å². The number of rotatable bonds is 11. The Bertz CT molecular complexity index is 892. The predicted octanol–water partition coefficient (Wildman–Crippen LogP) is -3.09. The number of benzene rings is 1. The first-order valence-corrected chi connectivity index (χ1v) is 12.8. The molecule has 0 aromatic heterocycles. The van der Waals surface area contributed by atoms with Crippen LogP contribution in [0, 0.1) is 5.92 Å². The normalized spacial score (nSPS) is 17.9. The van der Waals surface area contributed by atoms with E-state index in [0.29, 0.717) is 51.1 Å². The van der Waals surface area contributed by atoms with Gasteiger partial charge in [0.15, 0.2) is 15.6 Å². The minimum Gasteiger partial charge on any atom is -0.593 e. The molecule has 1 fully saturated rings. The van der Waals surface area contributed by atoms with Gasteiger partial charge < -0.3 is 31.8 Å². The van der Waals surface area contributed by atoms with Gasteiger partial charge in [-0.25, -0.2) is 24.9 Å². The van der Waals surface area contributed by atoms with Crippen molar-refractivity contribution in [3.63, 3.8) is 0 Å². The minimum atomic E-state index is -4.36. The summed E-state index contributed by atoms with van der Waals surface area (Å²) in [6, 6.07) is 2.75. The zero-order valence-corrected chi connectivity index (χ0v) is 19.4. The molecule has 0 amide bonds. The van der Waals surface area contributed by atoms with Crippen molar-refractivity contribution in [3.05, 3.63) is 17.7 Å². The molecule has 1 heterocycles. The van der Waals surface area contributed by atoms with E-state index in [-0.39, 0.29) is 39.8 Å². The van der Waals surface area contributed by atoms with E-state index in [1.165, 1.54) is 6.07 Å². The highest BCUT2D eigenvalue weighted by molar-refractivity contribution is 7.92. The Labute approximate surface area is 191 Å². The fraction of sp³-hybridized carbons (Fsp3) is 0.588. The van der Waals surface area contributed by atoms with Crippen LogP contribution in [0.3, 0.4) is 0 Å². The van der Waals surface area contributed by atoms with Crippen LogP contribution in [0.4, 0.5) is 5.69 Å². The molecule has 182 valence electrons. The molecule has 2 rings (SSSR count). The Morgan fingerprint density at radius 2 is 2.03 bits per heavy atom. The molecule has 1 saturated heterocycles. The highest BCUT2D eigenvalue weighted by Crippen LogP contribution is 2.34. The SMILES string of the molecule is NCCCN[S+]([O-])c1ccc(N2CCC(C(N)CO)CC2)c(/C(N)=N/NN)c1S(N)(=O)=O. The number of hydrazone groups is 1. The summed E-state index contributed by atoms with van der Waals surface area (Å²) in [5, 5.41) is 18.6. The maximum Gasteiger partial charge on any atom is 0.243 e. The summed E-state index contributed by atoms with van der Waals surface area (Å²) in [5.41, 5.74) is 20.0. The van der Waals surface area contributed by atoms with Gasteiger partial charge in [-0.2, -0.15) is 0 Å². The van der Waals surface area contributed by atoms with Crippen LogP contribution in [0.1, 0.15) is 24.8 Å². The fourth-order valence-electron chi connectivity index (χ4n) is 3.68. The van der Waals surface area contributed by atoms with Gasteiger partial charge in [-0.05, 0) is 43.9 Å². The molecule has 0 saturated carbocycles. The number of aliphatic hydroxyl groups is 1. The summed E-state index contributed by atoms with van der Waals surface area (Å²) in [5.74, 6) is 5.18. The van der Waals surface area contributed by atoms with E-state index in [1.54, 1.807) is 6.07 Å². The molecule has 13 nitrogen and oxygen atoms in total. The number of anilines is 1. The lowest BCUT2D eigenvalue weighted by Crippen LogP contribution is -2.43. The van der Waals surface area contributed by atoms with Crippen LogP contribution in [0.25, 0.3) is 0 Å². The van der Waals surface area contributed by atoms with Gasteiger partial charge in [0.05, 0.1) is 23.5 Å². The number of aliphatic hydroxyl groups excluding tert-OH is 1. The molecule has 1 aliphatic heterocycles. The molecule has 15 heteroatoms. The molecule has 32 heavy (non-hydrogen) atoms. The van der Waals surface area contributed by atoms with Crippen LogP contribution in [-0.4, -0.2) is 62.7 Å². The lowest BCUT2D eigenvalue weighted by Gasteiger charge is -2.36. The maximum absolute atomic E-state index is 12.8. The van der Waals surface area contributed by atoms with Crippen molar-refractivity contribution in [1.82, 2.24) is 10.3 Å². The van der Waals surface area contributed by atoms with Gasteiger partial charge in [-0.15, -0.1) is 9.82 Å². The summed E-state index contributed by atoms with van der Waals surface area (Å²) < 4.78 is 40.8. The van der Waals surface area contributed by atoms with Crippen molar-refractivity contribution < 1.29 is 18.1 Å². The molecule has 2 atom stereocenters. The number of hydrazine groups is 1. The molecule has 2 unspecified atom stereocenters. The first kappa shape index (κ1) is 26.6. The Kier molecular flexibility index (Phi) is 9.93. The standard InChI is InChI=1S/C17H33N9O4S2/c18-6-1-7-23-31(28)14-3-2-13(26-8-4-11(5-9-26)12(19)10-27)15(17(20)24-25-21)16(14)32(22,29)30/h2-3,11-12,23,25,27H,1,4-10,18-19,21H2,(H2,20,24)(H2,22,29,30). The number of hydrogen-bond acceptors (Lipinski definition) is 11. The number of hydrogen-bond donors (Lipinski definition) is 8. The topological polar surface area (TPSA) is 247 Å². The summed E-state index contributed by atoms with van der Waals surface area (Å²) >= 11 is -1.89. The quantitative estimate of drug-likeness (QED) is 0.0384. The van der Waals surface area contributed by atoms with Gasteiger partial charge in [0.2, 0.25) is 10.0 Å². The second kappa shape index (κ2) is 12.0. The molecular weight excluding hydrogens is 458 g/mol. The fourth-order valence-corrected chi connectivity index (χ4v) is 6.05. The molecule has 1 aromatic rings. The van der Waals surface area contributed by atoms with Crippen LogP contribution in [0.5, 0.6) is 0 Å². The monoisotopic (exact) mass is 491 g/mol. The molecule has 0 radical (unpaired) electrons. The molecule has 1 aromatic carbocycles. The van der Waals surface area contributed by atoms with Gasteiger partial charge in [0.25, 0.3) is 0 Å². The van der Waals surface area contributed by atoms with E-state index >= 15 is 0 Å². The van der Waals surface area contributed by atoms with E-state index in [1.807, 2.05) is 4.90 Å². The third kappa shape index (κ3) is 6.43. The van der Waals surface area contributed by atoms with Gasteiger partial charge in [-0.3, -0.25) is 0 Å². The van der Waals surface area contributed by atoms with Crippen LogP contribution in [0.2, 0.25) is 0 Å². The van der Waals surface area contributed by atoms with Crippen LogP contribution in [0.15, 0.2) is 27.0 Å². The zero-order valence-electron chi connectivity index (χ0n) is 17.7. The number of piperidine rings is 1. The van der Waals surface area contributed by atoms with Crippen molar-refractivity contribution in [2.24, 2.45) is 39.2 Å². The van der Waals surface area contributed by atoms with E-state index in [4.69, 9.17) is 28.2 Å². The summed E-state index contributed by atoms with van der Waals surface area (Å²) in [4.78, 5) is 1.49. The largest absolute Gasteiger partial charge is 0.593 e. The zero-order chi connectivity index (χ0) is 23.9. The van der Waals surface area contributed by atoms with Crippen molar-refractivity contribution in [2.75, 3.05) is 37.7 Å². The highest BCUT2D eigenvalue weighted by atomic mass is 32.2. The smallest absolute Gasteiger partial charge is 0.243 e. The third-order valence-electron chi connectivity index (χ3n) is 5.34. The highest BCUT2D eigenvalue weighted by Gasteiger charge is 2.34. The number of nitrogens with zero attached hydrogens (tertiary/aromatic N) is 2. The molecule has 0 aliphatic carbocycles. The Balaban J connectivity index is 2.55. The average Bonchev–Trinajstić information content (AvgIpc) is 2.77. The second-order valence-corrected chi connectivity index (χ2v) is 10.2.